The van der Waals surface area contributed by atoms with Crippen molar-refractivity contribution in [3.8, 4) is 0 Å². The fourth-order valence-electron chi connectivity index (χ4n) is 1.37. The minimum Gasteiger partial charge on any atom is -0.360 e. The van der Waals surface area contributed by atoms with E-state index in [1.807, 2.05) is 0 Å². The molecule has 1 heterocycles. The van der Waals surface area contributed by atoms with E-state index in [9.17, 15) is 8.96 Å². The van der Waals surface area contributed by atoms with Gasteiger partial charge in [0, 0.05) is 11.7 Å². The fraction of sp³-hybridized carbons (Fsp3) is 0. The Labute approximate surface area is 92.4 Å². The van der Waals surface area contributed by atoms with Crippen LogP contribution in [0.2, 0.25) is 0 Å². The lowest BCUT2D eigenvalue weighted by atomic mass is 10.2. The molecular formula is C8H6BrFNO3P. The summed E-state index contributed by atoms with van der Waals surface area (Å²) in [6, 6.07) is 3.01. The lowest BCUT2D eigenvalue weighted by Crippen LogP contribution is -2.02. The van der Waals surface area contributed by atoms with Crippen LogP contribution >= 0.6 is 23.5 Å². The number of H-pyrrole nitrogens is 1. The Hall–Kier alpha value is -0.680. The number of rotatable bonds is 1. The van der Waals surface area contributed by atoms with E-state index < -0.39 is 13.4 Å². The highest BCUT2D eigenvalue weighted by molar-refractivity contribution is 9.10. The summed E-state index contributed by atoms with van der Waals surface area (Å²) >= 11 is 2.96. The maximum atomic E-state index is 13.6. The highest BCUT2D eigenvalue weighted by Gasteiger charge is 2.24. The molecule has 3 N–H and O–H groups in total. The first-order valence-electron chi connectivity index (χ1n) is 3.92. The number of aromatic nitrogens is 1. The monoisotopic (exact) mass is 293 g/mol. The molecule has 80 valence electrons. The van der Waals surface area contributed by atoms with Gasteiger partial charge in [-0.3, -0.25) is 4.57 Å². The van der Waals surface area contributed by atoms with Gasteiger partial charge in [-0.2, -0.15) is 0 Å². The van der Waals surface area contributed by atoms with E-state index in [4.69, 9.17) is 9.79 Å². The molecule has 1 aromatic heterocycles. The van der Waals surface area contributed by atoms with Crippen LogP contribution in [0.1, 0.15) is 0 Å². The Morgan fingerprint density at radius 3 is 2.67 bits per heavy atom. The molecule has 2 aromatic rings. The van der Waals surface area contributed by atoms with Crippen molar-refractivity contribution in [3.63, 3.8) is 0 Å². The van der Waals surface area contributed by atoms with Gasteiger partial charge < -0.3 is 14.8 Å². The molecule has 0 aliphatic heterocycles. The van der Waals surface area contributed by atoms with Crippen molar-refractivity contribution in [3.05, 3.63) is 28.6 Å². The van der Waals surface area contributed by atoms with Crippen molar-refractivity contribution < 1.29 is 18.7 Å². The number of aromatic amines is 1. The molecule has 15 heavy (non-hydrogen) atoms. The van der Waals surface area contributed by atoms with Crippen LogP contribution in [-0.4, -0.2) is 14.8 Å². The SMILES string of the molecule is O=P(O)(O)c1c[nH]c2ccc(Br)c(F)c12. The predicted molar refractivity (Wildman–Crippen MR) is 57.6 cm³/mol. The third-order valence-corrected chi connectivity index (χ3v) is 3.62. The largest absolute Gasteiger partial charge is 0.360 e. The van der Waals surface area contributed by atoms with Gasteiger partial charge in [-0.15, -0.1) is 0 Å². The summed E-state index contributed by atoms with van der Waals surface area (Å²) in [4.78, 5) is 20.6. The van der Waals surface area contributed by atoms with Crippen LogP contribution in [0.25, 0.3) is 10.9 Å². The highest BCUT2D eigenvalue weighted by atomic mass is 79.9. The van der Waals surface area contributed by atoms with Gasteiger partial charge in [-0.05, 0) is 28.1 Å². The third kappa shape index (κ3) is 1.74. The second kappa shape index (κ2) is 3.42. The Morgan fingerprint density at radius 1 is 1.40 bits per heavy atom. The molecule has 0 saturated heterocycles. The average Bonchev–Trinajstić information content (AvgIpc) is 2.54. The molecule has 1 aromatic carbocycles. The van der Waals surface area contributed by atoms with Crippen LogP contribution < -0.4 is 5.30 Å². The Bertz CT molecular complexity index is 577. The topological polar surface area (TPSA) is 73.3 Å². The molecule has 4 nitrogen and oxygen atoms in total. The average molecular weight is 294 g/mol. The first-order valence-corrected chi connectivity index (χ1v) is 6.33. The molecule has 0 unspecified atom stereocenters. The standard InChI is InChI=1S/C8H6BrFNO3P/c9-4-1-2-5-7(8(4)10)6(3-11-5)15(12,13)14/h1-3,11H,(H2,12,13,14). The van der Waals surface area contributed by atoms with Gasteiger partial charge in [0.1, 0.15) is 5.82 Å². The van der Waals surface area contributed by atoms with E-state index in [0.29, 0.717) is 5.52 Å². The summed E-state index contributed by atoms with van der Waals surface area (Å²) in [5, 5.41) is -0.394. The molecule has 0 atom stereocenters. The van der Waals surface area contributed by atoms with E-state index in [2.05, 4.69) is 20.9 Å². The molecule has 0 amide bonds. The number of benzene rings is 1. The second-order valence-electron chi connectivity index (χ2n) is 3.00. The molecule has 2 rings (SSSR count). The van der Waals surface area contributed by atoms with E-state index >= 15 is 0 Å². The van der Waals surface area contributed by atoms with Crippen LogP contribution in [0.3, 0.4) is 0 Å². The van der Waals surface area contributed by atoms with Gasteiger partial charge in [0.05, 0.1) is 15.2 Å². The van der Waals surface area contributed by atoms with Gasteiger partial charge in [0.25, 0.3) is 0 Å². The molecule has 0 aliphatic carbocycles. The quantitative estimate of drug-likeness (QED) is 0.703. The van der Waals surface area contributed by atoms with Gasteiger partial charge in [0.15, 0.2) is 0 Å². The highest BCUT2D eigenvalue weighted by Crippen LogP contribution is 2.38. The minimum atomic E-state index is -4.45. The first kappa shape index (κ1) is 10.8. The number of fused-ring (bicyclic) bond motifs is 1. The maximum Gasteiger partial charge on any atom is 0.358 e. The molecule has 0 bridgehead atoms. The predicted octanol–water partition coefficient (Wildman–Crippen LogP) is 1.87. The third-order valence-electron chi connectivity index (χ3n) is 2.03. The van der Waals surface area contributed by atoms with Crippen LogP contribution in [0.4, 0.5) is 4.39 Å². The smallest absolute Gasteiger partial charge is 0.358 e. The summed E-state index contributed by atoms with van der Waals surface area (Å²) in [6.07, 6.45) is 1.13. The van der Waals surface area contributed by atoms with Gasteiger partial charge in [0.2, 0.25) is 0 Å². The Morgan fingerprint density at radius 2 is 2.07 bits per heavy atom. The zero-order valence-corrected chi connectivity index (χ0v) is 9.72. The molecular weight excluding hydrogens is 288 g/mol. The van der Waals surface area contributed by atoms with E-state index in [-0.39, 0.29) is 15.2 Å². The molecule has 0 fully saturated rings. The zero-order valence-electron chi connectivity index (χ0n) is 7.24. The summed E-state index contributed by atoms with van der Waals surface area (Å²) < 4.78 is 24.8. The number of halogens is 2. The fourth-order valence-corrected chi connectivity index (χ4v) is 2.44. The lowest BCUT2D eigenvalue weighted by molar-refractivity contribution is 0.387. The molecule has 0 spiro atoms. The van der Waals surface area contributed by atoms with E-state index in [1.54, 1.807) is 6.07 Å². The van der Waals surface area contributed by atoms with Crippen molar-refractivity contribution >= 4 is 39.7 Å². The number of hydrogen-bond acceptors (Lipinski definition) is 1. The summed E-state index contributed by atoms with van der Waals surface area (Å²) in [5.74, 6) is -0.674. The molecule has 0 radical (unpaired) electrons. The van der Waals surface area contributed by atoms with E-state index in [0.717, 1.165) is 6.20 Å². The van der Waals surface area contributed by atoms with Gasteiger partial charge in [-0.1, -0.05) is 0 Å². The molecule has 0 aliphatic rings. The maximum absolute atomic E-state index is 13.6. The van der Waals surface area contributed by atoms with Crippen molar-refractivity contribution in [1.82, 2.24) is 4.98 Å². The number of hydrogen-bond donors (Lipinski definition) is 3. The van der Waals surface area contributed by atoms with Crippen molar-refractivity contribution in [1.29, 1.82) is 0 Å². The normalized spacial score (nSPS) is 12.3. The second-order valence-corrected chi connectivity index (χ2v) is 5.43. The van der Waals surface area contributed by atoms with Crippen LogP contribution in [-0.2, 0) is 4.57 Å². The Balaban J connectivity index is 2.90. The lowest BCUT2D eigenvalue weighted by Gasteiger charge is -2.02. The zero-order chi connectivity index (χ0) is 11.2. The summed E-state index contributed by atoms with van der Waals surface area (Å²) in [5.41, 5.74) is 0.356. The molecule has 0 saturated carbocycles. The van der Waals surface area contributed by atoms with Crippen LogP contribution in [0.15, 0.2) is 22.8 Å². The van der Waals surface area contributed by atoms with Crippen LogP contribution in [0.5, 0.6) is 0 Å². The minimum absolute atomic E-state index is 0.0716. The van der Waals surface area contributed by atoms with Gasteiger partial charge >= 0.3 is 7.60 Å². The van der Waals surface area contributed by atoms with E-state index in [1.165, 1.54) is 6.07 Å². The van der Waals surface area contributed by atoms with Crippen LogP contribution in [0, 0.1) is 5.82 Å². The van der Waals surface area contributed by atoms with Crippen molar-refractivity contribution in [2.75, 3.05) is 0 Å². The Kier molecular flexibility index (Phi) is 2.47. The van der Waals surface area contributed by atoms with Crippen molar-refractivity contribution in [2.45, 2.75) is 0 Å². The summed E-state index contributed by atoms with van der Waals surface area (Å²) in [6.45, 7) is 0. The molecule has 7 heteroatoms. The van der Waals surface area contributed by atoms with Gasteiger partial charge in [-0.25, -0.2) is 4.39 Å². The number of nitrogens with one attached hydrogen (secondary N) is 1. The van der Waals surface area contributed by atoms with Crippen molar-refractivity contribution in [2.24, 2.45) is 0 Å². The first-order chi connectivity index (χ1) is 6.91. The summed E-state index contributed by atoms with van der Waals surface area (Å²) in [7, 11) is -4.45.